The molecule has 0 aliphatic rings. The number of nitrogens with zero attached hydrogens (tertiary/aromatic N) is 3. The highest BCUT2D eigenvalue weighted by Crippen LogP contribution is 2.20. The summed E-state index contributed by atoms with van der Waals surface area (Å²) in [6, 6.07) is 13.3. The molecule has 0 fully saturated rings. The SMILES string of the molecule is CCn1c(CNC(=O)c2ccccc2C)nnc1SCC(=O)Nc1cccc(C)c1C. The third-order valence-corrected chi connectivity index (χ3v) is 6.08. The second-order valence-corrected chi connectivity index (χ2v) is 8.17. The fourth-order valence-electron chi connectivity index (χ4n) is 3.16. The zero-order valence-electron chi connectivity index (χ0n) is 18.2. The molecule has 7 nitrogen and oxygen atoms in total. The molecule has 2 aromatic carbocycles. The third kappa shape index (κ3) is 5.52. The van der Waals surface area contributed by atoms with E-state index in [1.54, 1.807) is 6.07 Å². The zero-order chi connectivity index (χ0) is 22.4. The molecule has 2 amide bonds. The highest BCUT2D eigenvalue weighted by Gasteiger charge is 2.15. The number of carbonyl (C=O) groups is 2. The minimum absolute atomic E-state index is 0.0984. The number of amides is 2. The molecule has 162 valence electrons. The molecule has 31 heavy (non-hydrogen) atoms. The molecule has 3 aromatic rings. The summed E-state index contributed by atoms with van der Waals surface area (Å²) in [5.41, 5.74) is 4.57. The molecule has 0 saturated heterocycles. The summed E-state index contributed by atoms with van der Waals surface area (Å²) in [4.78, 5) is 24.9. The molecular formula is C23H27N5O2S. The van der Waals surface area contributed by atoms with E-state index < -0.39 is 0 Å². The van der Waals surface area contributed by atoms with E-state index >= 15 is 0 Å². The Morgan fingerprint density at radius 2 is 1.74 bits per heavy atom. The fourth-order valence-corrected chi connectivity index (χ4v) is 3.98. The van der Waals surface area contributed by atoms with Crippen LogP contribution in [0.5, 0.6) is 0 Å². The topological polar surface area (TPSA) is 88.9 Å². The van der Waals surface area contributed by atoms with Crippen LogP contribution in [0.1, 0.15) is 39.8 Å². The number of nitrogens with one attached hydrogen (secondary N) is 2. The van der Waals surface area contributed by atoms with E-state index in [2.05, 4.69) is 20.8 Å². The summed E-state index contributed by atoms with van der Waals surface area (Å²) in [5.74, 6) is 0.632. The van der Waals surface area contributed by atoms with Gasteiger partial charge in [0.1, 0.15) is 0 Å². The van der Waals surface area contributed by atoms with E-state index in [9.17, 15) is 9.59 Å². The van der Waals surface area contributed by atoms with Crippen molar-refractivity contribution >= 4 is 29.3 Å². The average Bonchev–Trinajstić information content (AvgIpc) is 3.16. The number of aryl methyl sites for hydroxylation is 2. The maximum absolute atomic E-state index is 12.5. The monoisotopic (exact) mass is 437 g/mol. The quantitative estimate of drug-likeness (QED) is 0.522. The molecular weight excluding hydrogens is 410 g/mol. The van der Waals surface area contributed by atoms with Crippen LogP contribution in [0.25, 0.3) is 0 Å². The first kappa shape index (κ1) is 22.6. The Balaban J connectivity index is 1.59. The number of carbonyl (C=O) groups excluding carboxylic acids is 2. The van der Waals surface area contributed by atoms with Gasteiger partial charge in [-0.25, -0.2) is 0 Å². The van der Waals surface area contributed by atoms with Gasteiger partial charge in [0.25, 0.3) is 5.91 Å². The van der Waals surface area contributed by atoms with Gasteiger partial charge in [0.2, 0.25) is 5.91 Å². The van der Waals surface area contributed by atoms with Crippen molar-refractivity contribution in [2.75, 3.05) is 11.1 Å². The van der Waals surface area contributed by atoms with Crippen LogP contribution in [-0.4, -0.2) is 32.3 Å². The van der Waals surface area contributed by atoms with Gasteiger partial charge >= 0.3 is 0 Å². The van der Waals surface area contributed by atoms with Crippen LogP contribution in [-0.2, 0) is 17.9 Å². The maximum atomic E-state index is 12.5. The first-order valence-corrected chi connectivity index (χ1v) is 11.1. The first-order valence-electron chi connectivity index (χ1n) is 10.2. The van der Waals surface area contributed by atoms with E-state index in [1.807, 2.05) is 68.7 Å². The number of anilines is 1. The van der Waals surface area contributed by atoms with Gasteiger partial charge in [-0.1, -0.05) is 42.1 Å². The normalized spacial score (nSPS) is 10.7. The standard InChI is InChI=1S/C23H27N5O2S/c1-5-28-20(13-24-22(30)18-11-7-6-9-16(18)3)26-27-23(28)31-14-21(29)25-19-12-8-10-15(2)17(19)4/h6-12H,5,13-14H2,1-4H3,(H,24,30)(H,25,29). The average molecular weight is 438 g/mol. The summed E-state index contributed by atoms with van der Waals surface area (Å²) >= 11 is 1.33. The summed E-state index contributed by atoms with van der Waals surface area (Å²) in [6.07, 6.45) is 0. The van der Waals surface area contributed by atoms with Crippen molar-refractivity contribution in [3.05, 3.63) is 70.5 Å². The van der Waals surface area contributed by atoms with Crippen LogP contribution in [0.4, 0.5) is 5.69 Å². The zero-order valence-corrected chi connectivity index (χ0v) is 19.0. The van der Waals surface area contributed by atoms with Crippen molar-refractivity contribution in [1.29, 1.82) is 0 Å². The molecule has 2 N–H and O–H groups in total. The number of aromatic nitrogens is 3. The predicted molar refractivity (Wildman–Crippen MR) is 123 cm³/mol. The molecule has 0 aliphatic heterocycles. The van der Waals surface area contributed by atoms with Crippen molar-refractivity contribution in [3.63, 3.8) is 0 Å². The van der Waals surface area contributed by atoms with E-state index in [0.29, 0.717) is 23.1 Å². The van der Waals surface area contributed by atoms with Gasteiger partial charge in [0.15, 0.2) is 11.0 Å². The number of benzene rings is 2. The highest BCUT2D eigenvalue weighted by molar-refractivity contribution is 7.99. The van der Waals surface area contributed by atoms with Crippen LogP contribution in [0.15, 0.2) is 47.6 Å². The molecule has 0 radical (unpaired) electrons. The molecule has 0 unspecified atom stereocenters. The number of hydrogen-bond acceptors (Lipinski definition) is 5. The van der Waals surface area contributed by atoms with Gasteiger partial charge < -0.3 is 15.2 Å². The summed E-state index contributed by atoms with van der Waals surface area (Å²) < 4.78 is 1.91. The van der Waals surface area contributed by atoms with E-state index in [4.69, 9.17) is 0 Å². The maximum Gasteiger partial charge on any atom is 0.251 e. The lowest BCUT2D eigenvalue weighted by molar-refractivity contribution is -0.113. The molecule has 0 spiro atoms. The van der Waals surface area contributed by atoms with Crippen LogP contribution in [0, 0.1) is 20.8 Å². The van der Waals surface area contributed by atoms with Crippen LogP contribution < -0.4 is 10.6 Å². The smallest absolute Gasteiger partial charge is 0.251 e. The predicted octanol–water partition coefficient (Wildman–Crippen LogP) is 3.88. The molecule has 0 aliphatic carbocycles. The molecule has 0 bridgehead atoms. The largest absolute Gasteiger partial charge is 0.345 e. The number of rotatable bonds is 8. The van der Waals surface area contributed by atoms with Crippen LogP contribution in [0.3, 0.4) is 0 Å². The summed E-state index contributed by atoms with van der Waals surface area (Å²) in [6.45, 7) is 8.80. The van der Waals surface area contributed by atoms with E-state index in [-0.39, 0.29) is 24.1 Å². The van der Waals surface area contributed by atoms with Gasteiger partial charge in [-0.05, 0) is 56.5 Å². The van der Waals surface area contributed by atoms with Gasteiger partial charge in [0.05, 0.1) is 12.3 Å². The first-order chi connectivity index (χ1) is 14.9. The fraction of sp³-hybridized carbons (Fsp3) is 0.304. The van der Waals surface area contributed by atoms with Gasteiger partial charge in [0, 0.05) is 17.8 Å². The third-order valence-electron chi connectivity index (χ3n) is 5.12. The Morgan fingerprint density at radius 1 is 1.00 bits per heavy atom. The number of thioether (sulfide) groups is 1. The van der Waals surface area contributed by atoms with Crippen molar-refractivity contribution < 1.29 is 9.59 Å². The minimum Gasteiger partial charge on any atom is -0.345 e. The van der Waals surface area contributed by atoms with Crippen molar-refractivity contribution in [3.8, 4) is 0 Å². The molecule has 0 atom stereocenters. The number of hydrogen-bond donors (Lipinski definition) is 2. The Bertz CT molecular complexity index is 1090. The van der Waals surface area contributed by atoms with E-state index in [0.717, 1.165) is 22.4 Å². The highest BCUT2D eigenvalue weighted by atomic mass is 32.2. The Morgan fingerprint density at radius 3 is 2.48 bits per heavy atom. The molecule has 1 aromatic heterocycles. The lowest BCUT2D eigenvalue weighted by Crippen LogP contribution is -2.25. The Labute approximate surface area is 186 Å². The minimum atomic E-state index is -0.147. The van der Waals surface area contributed by atoms with Crippen molar-refractivity contribution in [2.45, 2.75) is 45.9 Å². The van der Waals surface area contributed by atoms with Gasteiger partial charge in [-0.3, -0.25) is 9.59 Å². The summed E-state index contributed by atoms with van der Waals surface area (Å²) in [7, 11) is 0. The molecule has 1 heterocycles. The second-order valence-electron chi connectivity index (χ2n) is 7.22. The van der Waals surface area contributed by atoms with Gasteiger partial charge in [-0.2, -0.15) is 0 Å². The van der Waals surface area contributed by atoms with Crippen LogP contribution >= 0.6 is 11.8 Å². The molecule has 3 rings (SSSR count). The Kier molecular flexibility index (Phi) is 7.46. The van der Waals surface area contributed by atoms with Crippen molar-refractivity contribution in [2.24, 2.45) is 0 Å². The second kappa shape index (κ2) is 10.3. The lowest BCUT2D eigenvalue weighted by atomic mass is 10.1. The molecule has 8 heteroatoms. The lowest BCUT2D eigenvalue weighted by Gasteiger charge is -2.11. The van der Waals surface area contributed by atoms with Gasteiger partial charge in [-0.15, -0.1) is 10.2 Å². The molecule has 0 saturated carbocycles. The summed E-state index contributed by atoms with van der Waals surface area (Å²) in [5, 5.41) is 14.9. The van der Waals surface area contributed by atoms with Crippen LogP contribution in [0.2, 0.25) is 0 Å². The van der Waals surface area contributed by atoms with E-state index in [1.165, 1.54) is 11.8 Å². The van der Waals surface area contributed by atoms with Crippen molar-refractivity contribution in [1.82, 2.24) is 20.1 Å². The Hall–Kier alpha value is -3.13.